The van der Waals surface area contributed by atoms with E-state index in [0.29, 0.717) is 0 Å². The lowest BCUT2D eigenvalue weighted by molar-refractivity contribution is -0.192. The molecule has 17 nitrogen and oxygen atoms in total. The van der Waals surface area contributed by atoms with Crippen LogP contribution in [0.2, 0.25) is 0 Å². The van der Waals surface area contributed by atoms with E-state index >= 15 is 0 Å². The average molecular weight is 586 g/mol. The third kappa shape index (κ3) is 10.6. The van der Waals surface area contributed by atoms with Crippen LogP contribution < -0.4 is 5.32 Å². The summed E-state index contributed by atoms with van der Waals surface area (Å²) in [6.45, 7) is -0.593. The first kappa shape index (κ1) is 33.3. The lowest BCUT2D eigenvalue weighted by Gasteiger charge is -2.23. The third-order valence-corrected chi connectivity index (χ3v) is 6.58. The highest BCUT2D eigenvalue weighted by Gasteiger charge is 2.48. The largest absolute Gasteiger partial charge is 0.472 e. The summed E-state index contributed by atoms with van der Waals surface area (Å²) in [5.74, 6) is -1.39. The summed E-state index contributed by atoms with van der Waals surface area (Å²) >= 11 is 0. The topological polar surface area (TPSA) is 251 Å². The van der Waals surface area contributed by atoms with Crippen LogP contribution in [-0.4, -0.2) is 142 Å². The van der Waals surface area contributed by atoms with E-state index in [0.717, 1.165) is 17.1 Å². The van der Waals surface area contributed by atoms with Gasteiger partial charge in [-0.1, -0.05) is 0 Å². The minimum absolute atomic E-state index is 0.0191. The number of rotatable bonds is 18. The van der Waals surface area contributed by atoms with Gasteiger partial charge in [-0.15, -0.1) is 0 Å². The number of hydrogen-bond donors (Lipinski definition) is 7. The molecule has 1 fully saturated rings. The maximum Gasteiger partial charge on any atom is 0.472 e. The van der Waals surface area contributed by atoms with Gasteiger partial charge in [-0.2, -0.15) is 0 Å². The molecule has 0 aromatic rings. The van der Waals surface area contributed by atoms with Gasteiger partial charge in [0.15, 0.2) is 6.29 Å². The molecule has 0 saturated carbocycles. The van der Waals surface area contributed by atoms with Crippen molar-refractivity contribution in [1.29, 1.82) is 0 Å². The lowest BCUT2D eigenvalue weighted by Crippen LogP contribution is -2.41. The first-order valence-corrected chi connectivity index (χ1v) is 13.5. The number of aliphatic hydroxyl groups is 5. The van der Waals surface area contributed by atoms with Crippen LogP contribution in [0.5, 0.6) is 0 Å². The second-order valence-electron chi connectivity index (χ2n) is 8.59. The van der Waals surface area contributed by atoms with E-state index in [9.17, 15) is 49.4 Å². The molecule has 224 valence electrons. The molecule has 2 rings (SSSR count). The molecule has 18 heteroatoms. The first-order valence-electron chi connectivity index (χ1n) is 12.0. The number of hydrogen-bond acceptors (Lipinski definition) is 14. The summed E-state index contributed by atoms with van der Waals surface area (Å²) < 4.78 is 37.5. The fraction of sp³-hybridized carbons (Fsp3) is 0.762. The van der Waals surface area contributed by atoms with E-state index in [1.54, 1.807) is 0 Å². The average Bonchev–Trinajstić information content (AvgIpc) is 3.36. The maximum absolute atomic E-state index is 12.3. The summed E-state index contributed by atoms with van der Waals surface area (Å²) in [7, 11) is -4.77. The lowest BCUT2D eigenvalue weighted by atomic mass is 10.1. The van der Waals surface area contributed by atoms with Crippen LogP contribution in [0.25, 0.3) is 0 Å². The van der Waals surface area contributed by atoms with Crippen molar-refractivity contribution < 1.29 is 72.6 Å². The molecule has 39 heavy (non-hydrogen) atoms. The van der Waals surface area contributed by atoms with Gasteiger partial charge in [-0.25, -0.2) is 4.57 Å². The number of nitrogens with zero attached hydrogens (tertiary/aromatic N) is 1. The molecule has 0 spiro atoms. The molecular weight excluding hydrogens is 551 g/mol. The maximum atomic E-state index is 12.3. The molecule has 0 aromatic heterocycles. The highest BCUT2D eigenvalue weighted by molar-refractivity contribution is 7.47. The van der Waals surface area contributed by atoms with Gasteiger partial charge in [-0.05, 0) is 6.92 Å². The second kappa shape index (κ2) is 15.8. The van der Waals surface area contributed by atoms with Gasteiger partial charge in [0.2, 0.25) is 5.91 Å². The van der Waals surface area contributed by atoms with E-state index in [-0.39, 0.29) is 32.7 Å². The Morgan fingerprint density at radius 2 is 1.85 bits per heavy atom. The highest BCUT2D eigenvalue weighted by Crippen LogP contribution is 2.47. The predicted molar refractivity (Wildman–Crippen MR) is 126 cm³/mol. The van der Waals surface area contributed by atoms with E-state index in [1.165, 1.54) is 6.92 Å². The molecule has 2 heterocycles. The number of aliphatic hydroxyl groups excluding tert-OH is 5. The van der Waals surface area contributed by atoms with Gasteiger partial charge < -0.3 is 50.0 Å². The number of imide groups is 1. The van der Waals surface area contributed by atoms with Crippen LogP contribution in [0.3, 0.4) is 0 Å². The zero-order valence-corrected chi connectivity index (χ0v) is 22.0. The minimum Gasteiger partial charge on any atom is -0.394 e. The first-order chi connectivity index (χ1) is 18.4. The zero-order chi connectivity index (χ0) is 29.2. The third-order valence-electron chi connectivity index (χ3n) is 5.56. The molecule has 2 aliphatic heterocycles. The Morgan fingerprint density at radius 3 is 2.46 bits per heavy atom. The van der Waals surface area contributed by atoms with Crippen LogP contribution in [0.15, 0.2) is 12.2 Å². The summed E-state index contributed by atoms with van der Waals surface area (Å²) in [5.41, 5.74) is 0. The summed E-state index contributed by atoms with van der Waals surface area (Å²) in [6, 6.07) is 0. The Bertz CT molecular complexity index is 885. The predicted octanol–water partition coefficient (Wildman–Crippen LogP) is -3.87. The number of carbonyl (C=O) groups is 3. The standard InChI is InChI=1S/C21H35N2O15P/c1-12(25)18(30)13(26)11-35-21-19(31)20(14(10-24)37-21)38-39(32,33)36-9-8-34-7-5-22-15(27)4-6-23-16(28)2-3-17(23)29/h2-3,12-14,18-21,24-26,30-31H,4-11H2,1H3,(H,22,27)(H,32,33). The number of nitrogens with one attached hydrogen (secondary N) is 1. The number of amides is 3. The number of carbonyl (C=O) groups excluding carboxylic acids is 3. The van der Waals surface area contributed by atoms with E-state index < -0.39 is 88.3 Å². The molecule has 1 saturated heterocycles. The Kier molecular flexibility index (Phi) is 13.5. The van der Waals surface area contributed by atoms with Gasteiger partial charge in [-0.3, -0.25) is 28.3 Å². The molecule has 8 atom stereocenters. The van der Waals surface area contributed by atoms with Crippen molar-refractivity contribution >= 4 is 25.5 Å². The Labute approximate surface area is 223 Å². The van der Waals surface area contributed by atoms with Gasteiger partial charge >= 0.3 is 7.82 Å². The molecule has 0 aliphatic carbocycles. The second-order valence-corrected chi connectivity index (χ2v) is 10.00. The van der Waals surface area contributed by atoms with Crippen molar-refractivity contribution in [3.63, 3.8) is 0 Å². The van der Waals surface area contributed by atoms with Crippen LogP contribution in [0, 0.1) is 0 Å². The fourth-order valence-electron chi connectivity index (χ4n) is 3.45. The number of phosphoric acid groups is 1. The Morgan fingerprint density at radius 1 is 1.18 bits per heavy atom. The van der Waals surface area contributed by atoms with Crippen molar-refractivity contribution in [3.05, 3.63) is 12.2 Å². The van der Waals surface area contributed by atoms with Crippen LogP contribution in [0.1, 0.15) is 13.3 Å². The highest BCUT2D eigenvalue weighted by atomic mass is 31.2. The minimum atomic E-state index is -4.77. The molecule has 0 bridgehead atoms. The van der Waals surface area contributed by atoms with Gasteiger partial charge in [0.25, 0.3) is 11.8 Å². The van der Waals surface area contributed by atoms with Gasteiger partial charge in [0, 0.05) is 31.7 Å². The Balaban J connectivity index is 1.64. The van der Waals surface area contributed by atoms with E-state index in [4.69, 9.17) is 23.3 Å². The molecular formula is C21H35N2O15P. The Hall–Kier alpha value is -1.86. The molecule has 0 radical (unpaired) electrons. The zero-order valence-electron chi connectivity index (χ0n) is 21.1. The summed E-state index contributed by atoms with van der Waals surface area (Å²) in [6.07, 6.45) is -8.18. The normalized spacial score (nSPS) is 27.0. The van der Waals surface area contributed by atoms with E-state index in [1.807, 2.05) is 0 Å². The van der Waals surface area contributed by atoms with Crippen molar-refractivity contribution in [1.82, 2.24) is 10.2 Å². The molecule has 8 unspecified atom stereocenters. The smallest absolute Gasteiger partial charge is 0.394 e. The molecule has 2 aliphatic rings. The monoisotopic (exact) mass is 586 g/mol. The van der Waals surface area contributed by atoms with Crippen molar-refractivity contribution in [2.75, 3.05) is 46.1 Å². The van der Waals surface area contributed by atoms with Gasteiger partial charge in [0.05, 0.1) is 39.1 Å². The van der Waals surface area contributed by atoms with Crippen LogP contribution >= 0.6 is 7.82 Å². The molecule has 0 aromatic carbocycles. The quantitative estimate of drug-likeness (QED) is 0.0461. The van der Waals surface area contributed by atoms with Crippen molar-refractivity contribution in [3.8, 4) is 0 Å². The SMILES string of the molecule is CC(O)C(O)C(O)COC1OC(CO)C(OP(=O)(O)OCCOCCNC(=O)CCN2C(=O)C=CC2=O)C1O. The van der Waals surface area contributed by atoms with Crippen LogP contribution in [0.4, 0.5) is 0 Å². The van der Waals surface area contributed by atoms with Crippen molar-refractivity contribution in [2.24, 2.45) is 0 Å². The van der Waals surface area contributed by atoms with Crippen LogP contribution in [-0.2, 0) is 42.2 Å². The summed E-state index contributed by atoms with van der Waals surface area (Å²) in [5, 5.41) is 51.0. The van der Waals surface area contributed by atoms with Crippen molar-refractivity contribution in [2.45, 2.75) is 56.3 Å². The summed E-state index contributed by atoms with van der Waals surface area (Å²) in [4.78, 5) is 45.5. The number of phosphoric ester groups is 1. The molecule has 3 amide bonds. The molecule has 7 N–H and O–H groups in total. The van der Waals surface area contributed by atoms with E-state index in [2.05, 4.69) is 5.32 Å². The fourth-order valence-corrected chi connectivity index (χ4v) is 4.38. The van der Waals surface area contributed by atoms with Gasteiger partial charge in [0.1, 0.15) is 30.5 Å². The number of ether oxygens (including phenoxy) is 3.